The van der Waals surface area contributed by atoms with E-state index in [1.807, 2.05) is 36.9 Å². The van der Waals surface area contributed by atoms with Gasteiger partial charge in [0, 0.05) is 31.9 Å². The highest BCUT2D eigenvalue weighted by Gasteiger charge is 2.31. The summed E-state index contributed by atoms with van der Waals surface area (Å²) < 4.78 is 44.3. The zero-order valence-electron chi connectivity index (χ0n) is 15.9. The molecule has 0 spiro atoms. The number of alkyl halides is 3. The smallest absolute Gasteiger partial charge is 0.416 e. The number of hydrogen-bond acceptors (Lipinski definition) is 3. The molecule has 0 unspecified atom stereocenters. The summed E-state index contributed by atoms with van der Waals surface area (Å²) in [5.74, 6) is 0.560. The average Bonchev–Trinajstić information content (AvgIpc) is 2.67. The highest BCUT2D eigenvalue weighted by Crippen LogP contribution is 2.31. The summed E-state index contributed by atoms with van der Waals surface area (Å²) >= 11 is 0. The summed E-state index contributed by atoms with van der Waals surface area (Å²) in [6.07, 6.45) is -4.36. The topological polar surface area (TPSA) is 32.8 Å². The molecule has 0 N–H and O–H groups in total. The van der Waals surface area contributed by atoms with Gasteiger partial charge < -0.3 is 14.5 Å². The fraction of sp³-hybridized carbons (Fsp3) is 0.381. The van der Waals surface area contributed by atoms with Gasteiger partial charge in [-0.25, -0.2) is 0 Å². The van der Waals surface area contributed by atoms with E-state index < -0.39 is 11.7 Å². The Labute approximate surface area is 162 Å². The lowest BCUT2D eigenvalue weighted by Crippen LogP contribution is -2.50. The van der Waals surface area contributed by atoms with Crippen LogP contribution in [-0.2, 0) is 11.0 Å². The molecule has 1 aliphatic rings. The first-order valence-corrected chi connectivity index (χ1v) is 9.14. The normalized spacial score (nSPS) is 14.9. The fourth-order valence-corrected chi connectivity index (χ4v) is 3.29. The molecule has 1 amide bonds. The van der Waals surface area contributed by atoms with Crippen molar-refractivity contribution in [3.05, 3.63) is 59.2 Å². The first-order valence-electron chi connectivity index (χ1n) is 9.14. The number of piperazine rings is 1. The average molecular weight is 392 g/mol. The van der Waals surface area contributed by atoms with E-state index in [4.69, 9.17) is 4.74 Å². The molecular weight excluding hydrogens is 369 g/mol. The van der Waals surface area contributed by atoms with Crippen LogP contribution in [0.15, 0.2) is 42.5 Å². The number of benzene rings is 2. The summed E-state index contributed by atoms with van der Waals surface area (Å²) in [5, 5.41) is 0. The van der Waals surface area contributed by atoms with Crippen LogP contribution in [0.4, 0.5) is 18.9 Å². The van der Waals surface area contributed by atoms with Crippen molar-refractivity contribution >= 4 is 11.6 Å². The third-order valence-corrected chi connectivity index (χ3v) is 4.85. The van der Waals surface area contributed by atoms with E-state index in [0.717, 1.165) is 23.3 Å². The van der Waals surface area contributed by atoms with Crippen LogP contribution in [0.2, 0.25) is 0 Å². The van der Waals surface area contributed by atoms with Crippen molar-refractivity contribution in [2.45, 2.75) is 20.0 Å². The van der Waals surface area contributed by atoms with Gasteiger partial charge in [0.1, 0.15) is 5.75 Å². The maximum absolute atomic E-state index is 12.9. The number of nitrogens with zero attached hydrogens (tertiary/aromatic N) is 2. The number of halogens is 3. The molecule has 2 aromatic rings. The zero-order valence-corrected chi connectivity index (χ0v) is 15.9. The van der Waals surface area contributed by atoms with E-state index in [0.29, 0.717) is 37.6 Å². The van der Waals surface area contributed by atoms with Crippen molar-refractivity contribution in [1.29, 1.82) is 0 Å². The lowest BCUT2D eigenvalue weighted by Gasteiger charge is -2.36. The molecule has 1 saturated heterocycles. The van der Waals surface area contributed by atoms with Crippen molar-refractivity contribution < 1.29 is 22.7 Å². The number of aryl methyl sites for hydroxylation is 2. The molecule has 1 aliphatic heterocycles. The summed E-state index contributed by atoms with van der Waals surface area (Å²) in [6, 6.07) is 11.1. The lowest BCUT2D eigenvalue weighted by atomic mass is 10.1. The maximum Gasteiger partial charge on any atom is 0.416 e. The van der Waals surface area contributed by atoms with Crippen LogP contribution in [0.25, 0.3) is 0 Å². The van der Waals surface area contributed by atoms with E-state index in [1.165, 1.54) is 6.07 Å². The highest BCUT2D eigenvalue weighted by molar-refractivity contribution is 5.78. The van der Waals surface area contributed by atoms with E-state index in [2.05, 4.69) is 0 Å². The van der Waals surface area contributed by atoms with Gasteiger partial charge >= 0.3 is 6.18 Å². The molecule has 7 heteroatoms. The van der Waals surface area contributed by atoms with Crippen LogP contribution < -0.4 is 9.64 Å². The number of carbonyl (C=O) groups excluding carboxylic acids is 1. The van der Waals surface area contributed by atoms with Crippen LogP contribution in [0, 0.1) is 13.8 Å². The number of anilines is 1. The molecule has 4 nitrogen and oxygen atoms in total. The quantitative estimate of drug-likeness (QED) is 0.787. The summed E-state index contributed by atoms with van der Waals surface area (Å²) in [5.41, 5.74) is 1.96. The van der Waals surface area contributed by atoms with E-state index in [1.54, 1.807) is 11.0 Å². The number of amides is 1. The number of hydrogen-bond donors (Lipinski definition) is 0. The molecule has 0 atom stereocenters. The summed E-state index contributed by atoms with van der Waals surface area (Å²) in [6.45, 7) is 5.74. The second-order valence-electron chi connectivity index (χ2n) is 6.97. The Balaban J connectivity index is 1.54. The monoisotopic (exact) mass is 392 g/mol. The molecule has 0 aromatic heterocycles. The lowest BCUT2D eigenvalue weighted by molar-refractivity contribution is -0.137. The van der Waals surface area contributed by atoms with Crippen molar-refractivity contribution in [3.8, 4) is 5.75 Å². The van der Waals surface area contributed by atoms with Crippen LogP contribution in [0.1, 0.15) is 16.7 Å². The van der Waals surface area contributed by atoms with Gasteiger partial charge in [0.25, 0.3) is 5.91 Å². The van der Waals surface area contributed by atoms with Crippen LogP contribution in [0.5, 0.6) is 5.75 Å². The predicted molar refractivity (Wildman–Crippen MR) is 102 cm³/mol. The molecule has 0 saturated carbocycles. The Hall–Kier alpha value is -2.70. The minimum Gasteiger partial charge on any atom is -0.484 e. The predicted octanol–water partition coefficient (Wildman–Crippen LogP) is 4.05. The van der Waals surface area contributed by atoms with E-state index in [9.17, 15) is 18.0 Å². The Morgan fingerprint density at radius 1 is 1.04 bits per heavy atom. The van der Waals surface area contributed by atoms with Gasteiger partial charge in [-0.05, 0) is 43.7 Å². The van der Waals surface area contributed by atoms with Crippen LogP contribution >= 0.6 is 0 Å². The third kappa shape index (κ3) is 4.77. The zero-order chi connectivity index (χ0) is 20.3. The van der Waals surface area contributed by atoms with Gasteiger partial charge in [0.15, 0.2) is 6.61 Å². The fourth-order valence-electron chi connectivity index (χ4n) is 3.29. The van der Waals surface area contributed by atoms with Crippen LogP contribution in [-0.4, -0.2) is 43.6 Å². The summed E-state index contributed by atoms with van der Waals surface area (Å²) in [4.78, 5) is 16.0. The molecule has 1 heterocycles. The van der Waals surface area contributed by atoms with Gasteiger partial charge in [-0.1, -0.05) is 23.8 Å². The van der Waals surface area contributed by atoms with E-state index in [-0.39, 0.29) is 12.5 Å². The molecule has 150 valence electrons. The molecule has 2 aromatic carbocycles. The molecular formula is C21H23F3N2O2. The van der Waals surface area contributed by atoms with Crippen molar-refractivity contribution in [2.24, 2.45) is 0 Å². The van der Waals surface area contributed by atoms with Crippen LogP contribution in [0.3, 0.4) is 0 Å². The number of rotatable bonds is 4. The van der Waals surface area contributed by atoms with Crippen molar-refractivity contribution in [2.75, 3.05) is 37.7 Å². The van der Waals surface area contributed by atoms with Gasteiger partial charge in [0.2, 0.25) is 0 Å². The van der Waals surface area contributed by atoms with Crippen molar-refractivity contribution in [1.82, 2.24) is 4.90 Å². The summed E-state index contributed by atoms with van der Waals surface area (Å²) in [7, 11) is 0. The standard InChI is InChI=1S/C21H23F3N2O2/c1-15-6-7-19(16(2)12-15)28-14-20(27)26-10-8-25(9-11-26)18-5-3-4-17(13-18)21(22,23)24/h3-7,12-13H,8-11,14H2,1-2H3. The second kappa shape index (κ2) is 8.12. The Morgan fingerprint density at radius 3 is 2.39 bits per heavy atom. The van der Waals surface area contributed by atoms with Gasteiger partial charge in [0.05, 0.1) is 5.56 Å². The van der Waals surface area contributed by atoms with Gasteiger partial charge in [-0.2, -0.15) is 13.2 Å². The third-order valence-electron chi connectivity index (χ3n) is 4.85. The second-order valence-corrected chi connectivity index (χ2v) is 6.97. The Bertz CT molecular complexity index is 844. The highest BCUT2D eigenvalue weighted by atomic mass is 19.4. The first kappa shape index (κ1) is 20.0. The molecule has 0 radical (unpaired) electrons. The largest absolute Gasteiger partial charge is 0.484 e. The maximum atomic E-state index is 12.9. The van der Waals surface area contributed by atoms with Gasteiger partial charge in [-0.15, -0.1) is 0 Å². The molecule has 28 heavy (non-hydrogen) atoms. The minimum atomic E-state index is -4.36. The first-order chi connectivity index (χ1) is 13.2. The van der Waals surface area contributed by atoms with E-state index >= 15 is 0 Å². The molecule has 0 aliphatic carbocycles. The molecule has 1 fully saturated rings. The number of carbonyl (C=O) groups is 1. The SMILES string of the molecule is Cc1ccc(OCC(=O)N2CCN(c3cccc(C(F)(F)F)c3)CC2)c(C)c1. The van der Waals surface area contributed by atoms with Gasteiger partial charge in [-0.3, -0.25) is 4.79 Å². The Morgan fingerprint density at radius 2 is 1.75 bits per heavy atom. The molecule has 0 bridgehead atoms. The molecule has 3 rings (SSSR count). The minimum absolute atomic E-state index is 0.0482. The Kier molecular flexibility index (Phi) is 5.82. The number of ether oxygens (including phenoxy) is 1. The van der Waals surface area contributed by atoms with Crippen molar-refractivity contribution in [3.63, 3.8) is 0 Å².